The molecule has 38 heavy (non-hydrogen) atoms. The lowest BCUT2D eigenvalue weighted by molar-refractivity contribution is -0.206. The summed E-state index contributed by atoms with van der Waals surface area (Å²) >= 11 is 1.29. The number of aliphatic hydroxyl groups is 1. The highest BCUT2D eigenvalue weighted by atomic mass is 32.2. The van der Waals surface area contributed by atoms with Crippen LogP contribution in [0.1, 0.15) is 38.0 Å². The van der Waals surface area contributed by atoms with Gasteiger partial charge < -0.3 is 24.1 Å². The molecule has 198 valence electrons. The largest absolute Gasteiger partial charge is 0.459 e. The van der Waals surface area contributed by atoms with E-state index in [2.05, 4.69) is 0 Å². The first-order valence-electron chi connectivity index (χ1n) is 12.2. The van der Waals surface area contributed by atoms with Crippen LogP contribution in [0, 0.1) is 0 Å². The van der Waals surface area contributed by atoms with Gasteiger partial charge in [0, 0.05) is 0 Å². The van der Waals surface area contributed by atoms with Crippen molar-refractivity contribution in [2.45, 2.75) is 36.8 Å². The summed E-state index contributed by atoms with van der Waals surface area (Å²) in [6, 6.07) is 25.0. The average Bonchev–Trinajstić information content (AvgIpc) is 2.96. The number of rotatable bonds is 9. The summed E-state index contributed by atoms with van der Waals surface area (Å²) in [6.45, 7) is 1.59. The fourth-order valence-corrected chi connectivity index (χ4v) is 4.86. The van der Waals surface area contributed by atoms with E-state index in [-0.39, 0.29) is 17.7 Å². The Kier molecular flexibility index (Phi) is 9.53. The standard InChI is InChI=1S/C29H28O8S/c1-2-38-29-23(30)25(37-28(33)21-16-10-5-11-17-21)24(36-27(32)20-14-8-4-9-15-20)22(35-29)18-34-26(31)19-12-6-3-7-13-19/h3-17,22-25,29-30H,2,18H2,1H3/t22-,23-,24-,25-,29-/m1/s1. The van der Waals surface area contributed by atoms with E-state index in [4.69, 9.17) is 18.9 Å². The second kappa shape index (κ2) is 13.2. The second-order valence-electron chi connectivity index (χ2n) is 8.43. The predicted molar refractivity (Wildman–Crippen MR) is 141 cm³/mol. The summed E-state index contributed by atoms with van der Waals surface area (Å²) in [5, 5.41) is 11.2. The van der Waals surface area contributed by atoms with E-state index in [1.54, 1.807) is 91.0 Å². The van der Waals surface area contributed by atoms with Crippen molar-refractivity contribution in [2.75, 3.05) is 12.4 Å². The van der Waals surface area contributed by atoms with Gasteiger partial charge in [-0.3, -0.25) is 0 Å². The number of thioether (sulfide) groups is 1. The lowest BCUT2D eigenvalue weighted by Crippen LogP contribution is -2.60. The molecule has 0 spiro atoms. The predicted octanol–water partition coefficient (Wildman–Crippen LogP) is 4.13. The van der Waals surface area contributed by atoms with E-state index in [1.165, 1.54) is 11.8 Å². The van der Waals surface area contributed by atoms with Gasteiger partial charge in [0.25, 0.3) is 0 Å². The number of hydrogen-bond donors (Lipinski definition) is 1. The van der Waals surface area contributed by atoms with Crippen LogP contribution < -0.4 is 0 Å². The molecule has 0 aliphatic carbocycles. The molecule has 0 radical (unpaired) electrons. The molecule has 3 aromatic rings. The zero-order valence-electron chi connectivity index (χ0n) is 20.7. The van der Waals surface area contributed by atoms with Gasteiger partial charge in [-0.25, -0.2) is 14.4 Å². The Morgan fingerprint density at radius 3 is 1.66 bits per heavy atom. The fraction of sp³-hybridized carbons (Fsp3) is 0.276. The monoisotopic (exact) mass is 536 g/mol. The molecule has 3 aromatic carbocycles. The summed E-state index contributed by atoms with van der Waals surface area (Å²) in [5.41, 5.74) is 0.0553. The summed E-state index contributed by atoms with van der Waals surface area (Å²) < 4.78 is 23.1. The van der Waals surface area contributed by atoms with Gasteiger partial charge in [0.1, 0.15) is 24.3 Å². The zero-order chi connectivity index (χ0) is 26.9. The number of aliphatic hydroxyl groups excluding tert-OH is 1. The zero-order valence-corrected chi connectivity index (χ0v) is 21.5. The van der Waals surface area contributed by atoms with Crippen LogP contribution in [0.15, 0.2) is 91.0 Å². The molecule has 1 saturated heterocycles. The van der Waals surface area contributed by atoms with Crippen molar-refractivity contribution >= 4 is 29.7 Å². The van der Waals surface area contributed by atoms with Gasteiger partial charge in [-0.15, -0.1) is 11.8 Å². The summed E-state index contributed by atoms with van der Waals surface area (Å²) in [7, 11) is 0. The molecular formula is C29H28O8S. The molecule has 1 aliphatic heterocycles. The molecule has 9 heteroatoms. The van der Waals surface area contributed by atoms with Gasteiger partial charge in [0.05, 0.1) is 16.7 Å². The minimum Gasteiger partial charge on any atom is -0.459 e. The van der Waals surface area contributed by atoms with Crippen molar-refractivity contribution < 1.29 is 38.4 Å². The van der Waals surface area contributed by atoms with Crippen LogP contribution in [-0.2, 0) is 18.9 Å². The van der Waals surface area contributed by atoms with Gasteiger partial charge in [-0.2, -0.15) is 0 Å². The van der Waals surface area contributed by atoms with Crippen molar-refractivity contribution in [3.63, 3.8) is 0 Å². The molecule has 4 rings (SSSR count). The molecular weight excluding hydrogens is 508 g/mol. The summed E-state index contributed by atoms with van der Waals surface area (Å²) in [5.74, 6) is -1.40. The van der Waals surface area contributed by atoms with Crippen LogP contribution in [0.2, 0.25) is 0 Å². The molecule has 0 amide bonds. The van der Waals surface area contributed by atoms with Crippen molar-refractivity contribution in [3.8, 4) is 0 Å². The number of carbonyl (C=O) groups is 3. The summed E-state index contributed by atoms with van der Waals surface area (Å²) in [4.78, 5) is 38.6. The number of ether oxygens (including phenoxy) is 4. The van der Waals surface area contributed by atoms with Crippen LogP contribution in [0.25, 0.3) is 0 Å². The van der Waals surface area contributed by atoms with Gasteiger partial charge >= 0.3 is 17.9 Å². The molecule has 0 saturated carbocycles. The molecule has 0 bridgehead atoms. The van der Waals surface area contributed by atoms with Crippen LogP contribution in [0.4, 0.5) is 0 Å². The third-order valence-electron chi connectivity index (χ3n) is 5.84. The third kappa shape index (κ3) is 6.80. The Balaban J connectivity index is 1.61. The first-order chi connectivity index (χ1) is 18.5. The first-order valence-corrected chi connectivity index (χ1v) is 13.2. The number of carbonyl (C=O) groups excluding carboxylic acids is 3. The number of benzene rings is 3. The SMILES string of the molecule is CCS[C@H]1O[C@H](COC(=O)c2ccccc2)[C@@H](OC(=O)c2ccccc2)[C@H](OC(=O)c2ccccc2)[C@H]1O. The highest BCUT2D eigenvalue weighted by Crippen LogP contribution is 2.33. The quantitative estimate of drug-likeness (QED) is 0.319. The van der Waals surface area contributed by atoms with E-state index in [0.717, 1.165) is 0 Å². The molecule has 8 nitrogen and oxygen atoms in total. The third-order valence-corrected chi connectivity index (χ3v) is 6.89. The van der Waals surface area contributed by atoms with Crippen molar-refractivity contribution in [2.24, 2.45) is 0 Å². The van der Waals surface area contributed by atoms with Crippen LogP contribution in [-0.4, -0.2) is 65.2 Å². The lowest BCUT2D eigenvalue weighted by Gasteiger charge is -2.43. The highest BCUT2D eigenvalue weighted by molar-refractivity contribution is 7.99. The van der Waals surface area contributed by atoms with E-state index < -0.39 is 47.8 Å². The molecule has 1 fully saturated rings. The molecule has 1 heterocycles. The van der Waals surface area contributed by atoms with Gasteiger partial charge in [0.15, 0.2) is 12.2 Å². The van der Waals surface area contributed by atoms with E-state index >= 15 is 0 Å². The van der Waals surface area contributed by atoms with Crippen molar-refractivity contribution in [3.05, 3.63) is 108 Å². The maximum Gasteiger partial charge on any atom is 0.338 e. The van der Waals surface area contributed by atoms with Gasteiger partial charge in [-0.1, -0.05) is 61.5 Å². The van der Waals surface area contributed by atoms with Crippen LogP contribution in [0.3, 0.4) is 0 Å². The summed E-state index contributed by atoms with van der Waals surface area (Å²) in [6.07, 6.45) is -4.88. The smallest absolute Gasteiger partial charge is 0.338 e. The molecule has 5 atom stereocenters. The fourth-order valence-electron chi connectivity index (χ4n) is 3.95. The van der Waals surface area contributed by atoms with Crippen molar-refractivity contribution in [1.29, 1.82) is 0 Å². The van der Waals surface area contributed by atoms with Gasteiger partial charge in [-0.05, 0) is 42.2 Å². The second-order valence-corrected chi connectivity index (χ2v) is 9.80. The molecule has 0 aromatic heterocycles. The van der Waals surface area contributed by atoms with E-state index in [9.17, 15) is 19.5 Å². The Morgan fingerprint density at radius 1 is 0.737 bits per heavy atom. The minimum absolute atomic E-state index is 0.264. The maximum absolute atomic E-state index is 13.0. The van der Waals surface area contributed by atoms with E-state index in [0.29, 0.717) is 11.3 Å². The lowest BCUT2D eigenvalue weighted by atomic mass is 9.99. The molecule has 0 unspecified atom stereocenters. The van der Waals surface area contributed by atoms with Gasteiger partial charge in [0.2, 0.25) is 0 Å². The minimum atomic E-state index is -1.32. The Hall–Kier alpha value is -3.66. The van der Waals surface area contributed by atoms with Crippen LogP contribution in [0.5, 0.6) is 0 Å². The Morgan fingerprint density at radius 2 is 1.18 bits per heavy atom. The number of esters is 3. The maximum atomic E-state index is 13.0. The average molecular weight is 537 g/mol. The van der Waals surface area contributed by atoms with E-state index in [1.807, 2.05) is 6.92 Å². The topological polar surface area (TPSA) is 108 Å². The Labute approximate surface area is 224 Å². The number of hydrogen-bond acceptors (Lipinski definition) is 9. The molecule has 1 aliphatic rings. The van der Waals surface area contributed by atoms with Crippen LogP contribution >= 0.6 is 11.8 Å². The normalized spacial score (nSPS) is 22.7. The van der Waals surface area contributed by atoms with Crippen molar-refractivity contribution in [1.82, 2.24) is 0 Å². The Bertz CT molecular complexity index is 1210. The highest BCUT2D eigenvalue weighted by Gasteiger charge is 2.50. The first kappa shape index (κ1) is 27.4. The molecule has 1 N–H and O–H groups in total.